The quantitative estimate of drug-likeness (QED) is 0.0374. The van der Waals surface area contributed by atoms with Gasteiger partial charge in [-0.25, -0.2) is 0 Å². The van der Waals surface area contributed by atoms with Gasteiger partial charge in [0.25, 0.3) is 0 Å². The highest BCUT2D eigenvalue weighted by Gasteiger charge is 2.14. The Morgan fingerprint density at radius 1 is 0.392 bits per heavy atom. The number of benzene rings is 2. The van der Waals surface area contributed by atoms with Crippen LogP contribution in [0.3, 0.4) is 0 Å². The first-order valence-electron chi connectivity index (χ1n) is 29.8. The Morgan fingerprint density at radius 2 is 0.703 bits per heavy atom. The molecule has 9 nitrogen and oxygen atoms in total. The van der Waals surface area contributed by atoms with E-state index in [1.807, 2.05) is 67.4 Å². The summed E-state index contributed by atoms with van der Waals surface area (Å²) in [4.78, 5) is 32.9. The molecular weight excluding hydrogens is 999 g/mol. The van der Waals surface area contributed by atoms with E-state index in [0.717, 1.165) is 90.6 Å². The molecule has 0 saturated carbocycles. The molecule has 2 aromatic rings. The molecular formula is C61H107N3O6S4. The predicted octanol–water partition coefficient (Wildman–Crippen LogP) is 16.2. The van der Waals surface area contributed by atoms with E-state index in [1.54, 1.807) is 24.3 Å². The van der Waals surface area contributed by atoms with Crippen LogP contribution in [0.5, 0.6) is 11.5 Å². The zero-order valence-electron chi connectivity index (χ0n) is 47.2. The van der Waals surface area contributed by atoms with Crippen molar-refractivity contribution in [2.45, 2.75) is 206 Å². The van der Waals surface area contributed by atoms with Crippen LogP contribution in [0, 0.1) is 0 Å². The number of aromatic hydroxyl groups is 2. The minimum atomic E-state index is -0.150. The van der Waals surface area contributed by atoms with Crippen LogP contribution in [0.25, 0.3) is 0 Å². The number of ether oxygens (including phenoxy) is 2. The monoisotopic (exact) mass is 1110 g/mol. The third kappa shape index (κ3) is 43.3. The van der Waals surface area contributed by atoms with Crippen molar-refractivity contribution >= 4 is 55.1 Å². The van der Waals surface area contributed by atoms with Crippen molar-refractivity contribution in [2.24, 2.45) is 0 Å². The number of hydrogen-bond acceptors (Lipinski definition) is 13. The molecule has 0 aromatic heterocycles. The van der Waals surface area contributed by atoms with Crippen LogP contribution in [0.4, 0.5) is 0 Å². The van der Waals surface area contributed by atoms with Gasteiger partial charge in [-0.15, -0.1) is 0 Å². The fourth-order valence-corrected chi connectivity index (χ4v) is 13.5. The van der Waals surface area contributed by atoms with Gasteiger partial charge in [0.05, 0.1) is 26.1 Å². The van der Waals surface area contributed by atoms with E-state index in [4.69, 9.17) is 9.47 Å². The van der Waals surface area contributed by atoms with Crippen molar-refractivity contribution in [1.29, 1.82) is 0 Å². The molecule has 13 heteroatoms. The second kappa shape index (κ2) is 50.7. The lowest BCUT2D eigenvalue weighted by molar-refractivity contribution is -0.144. The summed E-state index contributed by atoms with van der Waals surface area (Å²) in [5.74, 6) is 5.21. The second-order valence-corrected chi connectivity index (χ2v) is 25.9. The Bertz CT molecular complexity index is 1460. The Morgan fingerprint density at radius 3 is 1.05 bits per heavy atom. The number of hydrogen-bond donors (Lipinski definition) is 2. The van der Waals surface area contributed by atoms with Crippen molar-refractivity contribution < 1.29 is 29.3 Å². The lowest BCUT2D eigenvalue weighted by Crippen LogP contribution is -2.34. The van der Waals surface area contributed by atoms with Crippen LogP contribution in [0.1, 0.15) is 205 Å². The van der Waals surface area contributed by atoms with Gasteiger partial charge in [-0.3, -0.25) is 9.59 Å². The summed E-state index contributed by atoms with van der Waals surface area (Å²) in [5, 5.41) is 19.5. The first kappa shape index (κ1) is 68.4. The van der Waals surface area contributed by atoms with Gasteiger partial charge in [-0.2, -0.15) is 0 Å². The number of carbonyl (C=O) groups excluding carboxylic acids is 2. The molecule has 2 aromatic carbocycles. The Kier molecular flexibility index (Phi) is 46.9. The molecule has 0 amide bonds. The molecule has 0 fully saturated rings. The minimum Gasteiger partial charge on any atom is -0.508 e. The van der Waals surface area contributed by atoms with Gasteiger partial charge in [0.15, 0.2) is 0 Å². The number of phenols is 2. The first-order chi connectivity index (χ1) is 36.3. The van der Waals surface area contributed by atoms with E-state index in [9.17, 15) is 19.8 Å². The summed E-state index contributed by atoms with van der Waals surface area (Å²) in [5.41, 5.74) is 2.42. The smallest absolute Gasteiger partial charge is 0.307 e. The molecule has 0 aliphatic rings. The third-order valence-electron chi connectivity index (χ3n) is 13.7. The molecule has 0 bridgehead atoms. The highest BCUT2D eigenvalue weighted by atomic mass is 33.1. The summed E-state index contributed by atoms with van der Waals surface area (Å²) >= 11 is 0. The molecule has 0 saturated heterocycles. The Balaban J connectivity index is 1.69. The SMILES string of the molecule is CCCCCCCCCCSSCCCCCCOC(=O)CCN(CCCN(C)CCCN(CCc1ccc(O)cc1)CCc1ccc(O)cc1)CCC(=O)OCCCCCCSSCCCCCCCCCC. The van der Waals surface area contributed by atoms with Crippen molar-refractivity contribution in [2.75, 3.05) is 95.6 Å². The summed E-state index contributed by atoms with van der Waals surface area (Å²) < 4.78 is 11.4. The zero-order valence-corrected chi connectivity index (χ0v) is 50.5. The number of rotatable bonds is 54. The molecule has 2 N–H and O–H groups in total. The first-order valence-corrected chi connectivity index (χ1v) is 34.8. The summed E-state index contributed by atoms with van der Waals surface area (Å²) in [7, 11) is 10.3. The minimum absolute atomic E-state index is 0.150. The van der Waals surface area contributed by atoms with Gasteiger partial charge in [0.2, 0.25) is 0 Å². The van der Waals surface area contributed by atoms with E-state index in [1.165, 1.54) is 163 Å². The number of nitrogens with zero attached hydrogens (tertiary/aromatic N) is 3. The van der Waals surface area contributed by atoms with Gasteiger partial charge < -0.3 is 34.4 Å². The number of unbranched alkanes of at least 4 members (excludes halogenated alkanes) is 20. The molecule has 2 rings (SSSR count). The van der Waals surface area contributed by atoms with E-state index in [0.29, 0.717) is 50.6 Å². The normalized spacial score (nSPS) is 11.6. The average molecular weight is 1110 g/mol. The van der Waals surface area contributed by atoms with E-state index >= 15 is 0 Å². The Hall–Kier alpha value is -1.74. The average Bonchev–Trinajstić information content (AvgIpc) is 3.40. The van der Waals surface area contributed by atoms with Gasteiger partial charge in [0.1, 0.15) is 11.5 Å². The standard InChI is InChI=1S/C61H107N3O6S4/c1-4-6-8-10-12-14-18-24-52-71-73-54-26-20-16-22-50-69-60(67)40-48-64(49-41-61(68)70-51-23-17-21-27-55-74-72-53-25-19-15-13-11-9-7-5-2)45-29-43-62(3)42-28-44-63(46-38-56-30-34-58(65)35-31-56)47-39-57-32-36-59(66)37-33-57/h30-37,65-66H,4-29,38-55H2,1-3H3. The largest absolute Gasteiger partial charge is 0.508 e. The molecule has 0 radical (unpaired) electrons. The van der Waals surface area contributed by atoms with Crippen molar-refractivity contribution in [3.8, 4) is 11.5 Å². The fourth-order valence-electron chi connectivity index (χ4n) is 8.88. The molecule has 0 aliphatic heterocycles. The predicted molar refractivity (Wildman–Crippen MR) is 326 cm³/mol. The molecule has 0 atom stereocenters. The highest BCUT2D eigenvalue weighted by Crippen LogP contribution is 2.26. The maximum atomic E-state index is 12.9. The van der Waals surface area contributed by atoms with Crippen LogP contribution in [0.2, 0.25) is 0 Å². The van der Waals surface area contributed by atoms with E-state index < -0.39 is 0 Å². The van der Waals surface area contributed by atoms with E-state index in [-0.39, 0.29) is 11.9 Å². The molecule has 0 heterocycles. The van der Waals surface area contributed by atoms with Gasteiger partial charge in [-0.1, -0.05) is 197 Å². The summed E-state index contributed by atoms with van der Waals surface area (Å²) in [6.07, 6.45) is 35.3. The summed E-state index contributed by atoms with van der Waals surface area (Å²) in [6.45, 7) is 12.2. The van der Waals surface area contributed by atoms with Crippen LogP contribution in [0.15, 0.2) is 48.5 Å². The number of esters is 2. The number of phenolic OH excluding ortho intramolecular Hbond substituents is 2. The maximum Gasteiger partial charge on any atom is 0.307 e. The Labute approximate surface area is 469 Å². The lowest BCUT2D eigenvalue weighted by atomic mass is 10.1. The van der Waals surface area contributed by atoms with Crippen LogP contribution >= 0.6 is 43.2 Å². The van der Waals surface area contributed by atoms with Crippen molar-refractivity contribution in [3.63, 3.8) is 0 Å². The van der Waals surface area contributed by atoms with Gasteiger partial charge in [0, 0.05) is 49.2 Å². The molecule has 0 unspecified atom stereocenters. The lowest BCUT2D eigenvalue weighted by Gasteiger charge is -2.25. The van der Waals surface area contributed by atoms with Crippen molar-refractivity contribution in [1.82, 2.24) is 14.7 Å². The van der Waals surface area contributed by atoms with Gasteiger partial charge in [-0.05, 0) is 133 Å². The zero-order chi connectivity index (χ0) is 53.2. The number of carbonyl (C=O) groups is 2. The highest BCUT2D eigenvalue weighted by molar-refractivity contribution is 8.77. The molecule has 74 heavy (non-hydrogen) atoms. The topological polar surface area (TPSA) is 103 Å². The summed E-state index contributed by atoms with van der Waals surface area (Å²) in [6, 6.07) is 15.0. The van der Waals surface area contributed by atoms with E-state index in [2.05, 4.69) is 35.6 Å². The molecule has 426 valence electrons. The van der Waals surface area contributed by atoms with Crippen LogP contribution in [-0.4, -0.2) is 132 Å². The molecule has 0 aliphatic carbocycles. The maximum absolute atomic E-state index is 12.9. The van der Waals surface area contributed by atoms with Gasteiger partial charge >= 0.3 is 11.9 Å². The second-order valence-electron chi connectivity index (χ2n) is 20.5. The fraction of sp³-hybridized carbons (Fsp3) is 0.770. The third-order valence-corrected chi connectivity index (χ3v) is 18.9. The van der Waals surface area contributed by atoms with Crippen LogP contribution in [-0.2, 0) is 31.9 Å². The molecule has 0 spiro atoms. The van der Waals surface area contributed by atoms with Crippen LogP contribution < -0.4 is 0 Å². The van der Waals surface area contributed by atoms with Crippen molar-refractivity contribution in [3.05, 3.63) is 59.7 Å².